The molecule has 4 N–H and O–H groups in total. The highest BCUT2D eigenvalue weighted by Gasteiger charge is 2.23. The number of aryl methyl sites for hydroxylation is 4. The average molecular weight is 760 g/mol. The van der Waals surface area contributed by atoms with E-state index in [-0.39, 0.29) is 42.0 Å². The first-order valence-corrected chi connectivity index (χ1v) is 15.9. The van der Waals surface area contributed by atoms with E-state index in [1.54, 1.807) is 24.7 Å². The largest absolute Gasteiger partial charge is 0.379 e. The van der Waals surface area contributed by atoms with Gasteiger partial charge in [0.25, 0.3) is 0 Å². The van der Waals surface area contributed by atoms with Crippen molar-refractivity contribution in [2.45, 2.75) is 40.8 Å². The number of hydrogen-bond acceptors (Lipinski definition) is 13. The molecule has 0 radical (unpaired) electrons. The summed E-state index contributed by atoms with van der Waals surface area (Å²) in [6, 6.07) is 10.6. The number of anilines is 2. The lowest BCUT2D eigenvalue weighted by Crippen LogP contribution is -2.01. The van der Waals surface area contributed by atoms with Crippen LogP contribution in [-0.4, -0.2) is 56.0 Å². The third-order valence-corrected chi connectivity index (χ3v) is 8.57. The third-order valence-electron chi connectivity index (χ3n) is 8.57. The molecule has 0 aliphatic heterocycles. The summed E-state index contributed by atoms with van der Waals surface area (Å²) in [5.74, 6) is 0.918. The minimum absolute atomic E-state index is 0. The zero-order valence-electron chi connectivity index (χ0n) is 28.8. The predicted octanol–water partition coefficient (Wildman–Crippen LogP) is 6.91. The zero-order valence-corrected chi connectivity index (χ0v) is 30.4. The van der Waals surface area contributed by atoms with E-state index < -0.39 is 5.82 Å². The van der Waals surface area contributed by atoms with E-state index in [0.29, 0.717) is 59.1 Å². The van der Waals surface area contributed by atoms with E-state index in [4.69, 9.17) is 21.1 Å². The van der Waals surface area contributed by atoms with Crippen LogP contribution < -0.4 is 11.5 Å². The van der Waals surface area contributed by atoms with Gasteiger partial charge in [-0.25, -0.2) is 23.6 Å². The number of halogens is 3. The van der Waals surface area contributed by atoms with Gasteiger partial charge in [-0.1, -0.05) is 24.3 Å². The molecule has 0 aliphatic rings. The van der Waals surface area contributed by atoms with Gasteiger partial charge in [0.05, 0.1) is 29.0 Å². The summed E-state index contributed by atoms with van der Waals surface area (Å²) >= 11 is 0. The minimum Gasteiger partial charge on any atom is -0.379 e. The molecule has 0 saturated heterocycles. The van der Waals surface area contributed by atoms with Crippen molar-refractivity contribution < 1.29 is 18.4 Å². The summed E-state index contributed by atoms with van der Waals surface area (Å²) in [5, 5.41) is 15.0. The quantitative estimate of drug-likeness (QED) is 0.159. The van der Waals surface area contributed by atoms with Crippen LogP contribution in [0.2, 0.25) is 0 Å². The molecular formula is C35H33Cl2FN12O3. The van der Waals surface area contributed by atoms with Gasteiger partial charge in [-0.3, -0.25) is 14.8 Å². The number of benzene rings is 2. The van der Waals surface area contributed by atoms with Crippen LogP contribution in [0.4, 0.5) is 16.0 Å². The van der Waals surface area contributed by atoms with Crippen molar-refractivity contribution in [2.75, 3.05) is 11.5 Å². The fourth-order valence-corrected chi connectivity index (χ4v) is 6.29. The number of hydrogen-bond donors (Lipinski definition) is 2. The molecule has 6 heterocycles. The lowest BCUT2D eigenvalue weighted by molar-refractivity contribution is 0.112. The van der Waals surface area contributed by atoms with Gasteiger partial charge in [0, 0.05) is 36.6 Å². The monoisotopic (exact) mass is 758 g/mol. The van der Waals surface area contributed by atoms with E-state index >= 15 is 0 Å². The first-order chi connectivity index (χ1) is 24.7. The van der Waals surface area contributed by atoms with Crippen LogP contribution >= 0.6 is 24.8 Å². The number of pyridine rings is 2. The summed E-state index contributed by atoms with van der Waals surface area (Å²) in [5.41, 5.74) is 21.6. The maximum absolute atomic E-state index is 13.7. The fraction of sp³-hybridized carbons (Fsp3) is 0.171. The van der Waals surface area contributed by atoms with Crippen molar-refractivity contribution in [2.24, 2.45) is 0 Å². The number of carbonyl (C=O) groups excluding carboxylic acids is 1. The number of imidazole rings is 2. The number of carbonyl (C=O) groups is 1. The third kappa shape index (κ3) is 6.65. The Morgan fingerprint density at radius 2 is 1.25 bits per heavy atom. The van der Waals surface area contributed by atoms with Gasteiger partial charge in [-0.05, 0) is 82.7 Å². The van der Waals surface area contributed by atoms with Crippen molar-refractivity contribution in [3.05, 3.63) is 83.7 Å². The first-order valence-electron chi connectivity index (χ1n) is 15.9. The number of nitrogens with two attached hydrogens (primary N) is 2. The lowest BCUT2D eigenvalue weighted by atomic mass is 9.96. The van der Waals surface area contributed by atoms with Crippen LogP contribution in [0.5, 0.6) is 0 Å². The van der Waals surface area contributed by atoms with E-state index in [0.717, 1.165) is 22.1 Å². The first kappa shape index (κ1) is 38.0. The Morgan fingerprint density at radius 1 is 0.736 bits per heavy atom. The van der Waals surface area contributed by atoms with Gasteiger partial charge in [-0.15, -0.1) is 24.8 Å². The van der Waals surface area contributed by atoms with Crippen molar-refractivity contribution in [3.8, 4) is 45.3 Å². The molecule has 15 nitrogen and oxygen atoms in total. The molecule has 8 rings (SSSR count). The zero-order chi connectivity index (χ0) is 35.8. The Morgan fingerprint density at radius 3 is 1.72 bits per heavy atom. The molecule has 6 aromatic heterocycles. The Bertz CT molecular complexity index is 2560. The molecule has 0 fully saturated rings. The van der Waals surface area contributed by atoms with Crippen LogP contribution in [0.1, 0.15) is 35.3 Å². The Hall–Kier alpha value is -6.26. The number of rotatable bonds is 7. The Balaban J connectivity index is 0.000000197. The molecule has 0 aliphatic carbocycles. The van der Waals surface area contributed by atoms with Crippen molar-refractivity contribution >= 4 is 64.8 Å². The normalized spacial score (nSPS) is 10.8. The number of nitrogens with zero attached hydrogens (tertiary/aromatic N) is 10. The van der Waals surface area contributed by atoms with E-state index in [1.807, 2.05) is 17.7 Å². The lowest BCUT2D eigenvalue weighted by Gasteiger charge is -2.13. The topological polar surface area (TPSA) is 208 Å². The van der Waals surface area contributed by atoms with Crippen LogP contribution in [0.25, 0.3) is 67.4 Å². The highest BCUT2D eigenvalue weighted by molar-refractivity contribution is 5.96. The molecule has 18 heteroatoms. The summed E-state index contributed by atoms with van der Waals surface area (Å²) in [6.45, 7) is 9.49. The maximum atomic E-state index is 13.7. The number of nitrogen functional groups attached to an aromatic ring is 2. The van der Waals surface area contributed by atoms with Gasteiger partial charge in [0.15, 0.2) is 41.0 Å². The highest BCUT2D eigenvalue weighted by atomic mass is 35.5. The van der Waals surface area contributed by atoms with Gasteiger partial charge in [0.2, 0.25) is 0 Å². The van der Waals surface area contributed by atoms with Crippen LogP contribution in [-0.2, 0) is 13.1 Å². The molecule has 2 aromatic carbocycles. The smallest absolute Gasteiger partial charge is 0.199 e. The molecular weight excluding hydrogens is 726 g/mol. The fourth-order valence-electron chi connectivity index (χ4n) is 6.29. The second-order valence-corrected chi connectivity index (χ2v) is 11.6. The summed E-state index contributed by atoms with van der Waals surface area (Å²) in [6.07, 6.45) is 7.39. The number of fused-ring (bicyclic) bond motifs is 2. The highest BCUT2D eigenvalue weighted by Crippen LogP contribution is 2.36. The summed E-state index contributed by atoms with van der Waals surface area (Å²) in [4.78, 5) is 28.9. The molecule has 0 spiro atoms. The van der Waals surface area contributed by atoms with E-state index in [2.05, 4.69) is 83.7 Å². The van der Waals surface area contributed by atoms with Gasteiger partial charge in [0.1, 0.15) is 16.9 Å². The van der Waals surface area contributed by atoms with Gasteiger partial charge < -0.3 is 20.6 Å². The molecule has 0 bridgehead atoms. The Labute approximate surface area is 313 Å². The van der Waals surface area contributed by atoms with Gasteiger partial charge in [-0.2, -0.15) is 0 Å². The number of aromatic nitrogens is 10. The summed E-state index contributed by atoms with van der Waals surface area (Å²) in [7, 11) is 0. The molecule has 0 unspecified atom stereocenters. The van der Waals surface area contributed by atoms with Crippen molar-refractivity contribution in [1.29, 1.82) is 0 Å². The van der Waals surface area contributed by atoms with Crippen LogP contribution in [0.3, 0.4) is 0 Å². The molecule has 8 aromatic rings. The second kappa shape index (κ2) is 15.5. The second-order valence-electron chi connectivity index (χ2n) is 11.6. The minimum atomic E-state index is -0.574. The van der Waals surface area contributed by atoms with Crippen molar-refractivity contribution in [1.82, 2.24) is 49.7 Å². The van der Waals surface area contributed by atoms with Crippen LogP contribution in [0.15, 0.2) is 70.4 Å². The molecule has 0 saturated carbocycles. The van der Waals surface area contributed by atoms with E-state index in [1.165, 1.54) is 28.8 Å². The molecule has 0 amide bonds. The maximum Gasteiger partial charge on any atom is 0.199 e. The predicted molar refractivity (Wildman–Crippen MR) is 202 cm³/mol. The summed E-state index contributed by atoms with van der Waals surface area (Å²) < 4.78 is 27.1. The standard InChI is InChI=1S/C18H18N6O.C17H13FN6O2.2ClH/c1-4-24-16-12(14-10(2)6-5-7-11(14)3)8-20-9-13(16)21-18(24)15-17(19)23-25-22-15;1-2-24-15-11(9-3-4-12(18)10(5-9)8-25)6-20-7-13(15)21-17(24)14-16(19)23-26-22-14;;/h5-9H,4H2,1-3H3,(H2,19,23);3-8H,2H2,1H3,(H2,19,23);2*1H. The average Bonchev–Trinajstić information content (AvgIpc) is 3.93. The van der Waals surface area contributed by atoms with Gasteiger partial charge >= 0.3 is 0 Å². The molecule has 272 valence electrons. The number of aldehydes is 1. The van der Waals surface area contributed by atoms with Crippen molar-refractivity contribution in [3.63, 3.8) is 0 Å². The molecule has 0 atom stereocenters. The SMILES string of the molecule is CCn1c(-c2nonc2N)nc2cncc(-c3c(C)cccc3C)c21.CCn1c(-c2nonc2N)nc2cncc(-c3ccc(F)c(C=O)c3)c21.Cl.Cl. The molecule has 53 heavy (non-hydrogen) atoms. The van der Waals surface area contributed by atoms with E-state index in [9.17, 15) is 9.18 Å². The Kier molecular flexibility index (Phi) is 11.1. The van der Waals surface area contributed by atoms with Crippen LogP contribution in [0, 0.1) is 19.7 Å².